The maximum absolute atomic E-state index is 11.9. The lowest BCUT2D eigenvalue weighted by atomic mass is 10.1. The summed E-state index contributed by atoms with van der Waals surface area (Å²) in [5, 5.41) is 0. The van der Waals surface area contributed by atoms with Gasteiger partial charge in [-0.25, -0.2) is 0 Å². The Labute approximate surface area is 115 Å². The molecule has 2 atom stereocenters. The molecule has 0 bridgehead atoms. The Bertz CT molecular complexity index is 510. The van der Waals surface area contributed by atoms with Crippen molar-refractivity contribution in [2.45, 2.75) is 52.2 Å². The van der Waals surface area contributed by atoms with Crippen LogP contribution in [0.25, 0.3) is 0 Å². The zero-order chi connectivity index (χ0) is 14.2. The zero-order valence-electron chi connectivity index (χ0n) is 11.8. The van der Waals surface area contributed by atoms with Gasteiger partial charge in [-0.15, -0.1) is 0 Å². The van der Waals surface area contributed by atoms with Gasteiger partial charge in [0.15, 0.2) is 0 Å². The molecule has 108 valence electrons. The van der Waals surface area contributed by atoms with Crippen LogP contribution in [0.4, 0.5) is 0 Å². The Morgan fingerprint density at radius 1 is 1.47 bits per heavy atom. The van der Waals surface area contributed by atoms with Gasteiger partial charge in [0.05, 0.1) is 12.4 Å². The molecule has 0 aromatic carbocycles. The van der Waals surface area contributed by atoms with E-state index in [0.717, 1.165) is 6.42 Å². The molecule has 1 saturated heterocycles. The van der Waals surface area contributed by atoms with Crippen molar-refractivity contribution in [3.63, 3.8) is 0 Å². The number of aliphatic imine (C=N–C) groups is 1. The smallest absolute Gasteiger partial charge is 0.277 e. The Morgan fingerprint density at radius 2 is 2.16 bits per heavy atom. The molecule has 0 aromatic heterocycles. The lowest BCUT2D eigenvalue weighted by Crippen LogP contribution is -2.46. The summed E-state index contributed by atoms with van der Waals surface area (Å²) in [6, 6.07) is -0.0163. The Morgan fingerprint density at radius 3 is 2.79 bits per heavy atom. The summed E-state index contributed by atoms with van der Waals surface area (Å²) in [6.07, 6.45) is 2.54. The largest absolute Gasteiger partial charge is 0.335 e. The highest BCUT2D eigenvalue weighted by molar-refractivity contribution is 7.87. The van der Waals surface area contributed by atoms with Crippen molar-refractivity contribution >= 4 is 16.5 Å². The predicted molar refractivity (Wildman–Crippen MR) is 76.1 cm³/mol. The van der Waals surface area contributed by atoms with Gasteiger partial charge in [-0.05, 0) is 33.3 Å². The summed E-state index contributed by atoms with van der Waals surface area (Å²) in [7, 11) is -3.43. The molecule has 0 amide bonds. The van der Waals surface area contributed by atoms with Crippen molar-refractivity contribution in [2.24, 2.45) is 4.99 Å². The van der Waals surface area contributed by atoms with Crippen molar-refractivity contribution in [2.75, 3.05) is 6.54 Å². The maximum atomic E-state index is 11.9. The summed E-state index contributed by atoms with van der Waals surface area (Å²) >= 11 is 0. The van der Waals surface area contributed by atoms with Crippen LogP contribution in [-0.4, -0.2) is 44.3 Å². The molecule has 0 aromatic rings. The van der Waals surface area contributed by atoms with Crippen LogP contribution < -0.4 is 9.44 Å². The Kier molecular flexibility index (Phi) is 3.98. The van der Waals surface area contributed by atoms with Gasteiger partial charge in [-0.1, -0.05) is 0 Å². The van der Waals surface area contributed by atoms with Crippen LogP contribution in [0.3, 0.4) is 0 Å². The topological polar surface area (TPSA) is 73.8 Å². The van der Waals surface area contributed by atoms with E-state index in [9.17, 15) is 8.42 Å². The standard InChI is InChI=1S/C12H22N4O2S/c1-8(2)14-19(17,18)15-11-5-12-9(3)10(4)13-7-16(12)6-11/h7-8,10-11,14-15H,5-6H2,1-4H3/t10-,11-/m0/s1. The van der Waals surface area contributed by atoms with Crippen molar-refractivity contribution in [1.82, 2.24) is 14.3 Å². The fraction of sp³-hybridized carbons (Fsp3) is 0.750. The first-order valence-electron chi connectivity index (χ1n) is 6.57. The van der Waals surface area contributed by atoms with E-state index in [4.69, 9.17) is 0 Å². The van der Waals surface area contributed by atoms with Crippen LogP contribution in [0.2, 0.25) is 0 Å². The zero-order valence-corrected chi connectivity index (χ0v) is 12.7. The molecule has 19 heavy (non-hydrogen) atoms. The number of nitrogens with zero attached hydrogens (tertiary/aromatic N) is 2. The van der Waals surface area contributed by atoms with E-state index in [1.165, 1.54) is 11.3 Å². The summed E-state index contributed by atoms with van der Waals surface area (Å²) in [5.41, 5.74) is 2.42. The van der Waals surface area contributed by atoms with Crippen LogP contribution in [0, 0.1) is 0 Å². The van der Waals surface area contributed by atoms with Gasteiger partial charge in [-0.2, -0.15) is 17.9 Å². The van der Waals surface area contributed by atoms with E-state index >= 15 is 0 Å². The van der Waals surface area contributed by atoms with E-state index in [2.05, 4.69) is 21.4 Å². The van der Waals surface area contributed by atoms with Gasteiger partial charge in [-0.3, -0.25) is 4.99 Å². The first kappa shape index (κ1) is 14.5. The van der Waals surface area contributed by atoms with E-state index in [1.807, 2.05) is 18.2 Å². The molecular weight excluding hydrogens is 264 g/mol. The average molecular weight is 286 g/mol. The first-order valence-corrected chi connectivity index (χ1v) is 8.06. The molecule has 1 fully saturated rings. The van der Waals surface area contributed by atoms with Gasteiger partial charge in [0.1, 0.15) is 0 Å². The molecule has 2 rings (SSSR count). The van der Waals surface area contributed by atoms with Crippen molar-refractivity contribution < 1.29 is 8.42 Å². The minimum absolute atomic E-state index is 0.0991. The molecule has 2 N–H and O–H groups in total. The van der Waals surface area contributed by atoms with Crippen molar-refractivity contribution in [1.29, 1.82) is 0 Å². The molecule has 2 aliphatic heterocycles. The molecule has 0 radical (unpaired) electrons. The quantitative estimate of drug-likeness (QED) is 0.794. The van der Waals surface area contributed by atoms with Crippen molar-refractivity contribution in [3.8, 4) is 0 Å². The number of fused-ring (bicyclic) bond motifs is 1. The maximum Gasteiger partial charge on any atom is 0.277 e. The molecule has 2 heterocycles. The van der Waals surface area contributed by atoms with Crippen LogP contribution >= 0.6 is 0 Å². The second kappa shape index (κ2) is 5.22. The van der Waals surface area contributed by atoms with Gasteiger partial charge < -0.3 is 4.90 Å². The van der Waals surface area contributed by atoms with Gasteiger partial charge >= 0.3 is 0 Å². The third-order valence-corrected chi connectivity index (χ3v) is 4.85. The lowest BCUT2D eigenvalue weighted by Gasteiger charge is -2.24. The third kappa shape index (κ3) is 3.34. The van der Waals surface area contributed by atoms with E-state index in [0.29, 0.717) is 6.54 Å². The highest BCUT2D eigenvalue weighted by Crippen LogP contribution is 2.28. The molecule has 0 spiro atoms. The fourth-order valence-electron chi connectivity index (χ4n) is 2.44. The lowest BCUT2D eigenvalue weighted by molar-refractivity contribution is 0.511. The number of rotatable bonds is 4. The monoisotopic (exact) mass is 286 g/mol. The van der Waals surface area contributed by atoms with Crippen molar-refractivity contribution in [3.05, 3.63) is 11.3 Å². The van der Waals surface area contributed by atoms with Gasteiger partial charge in [0, 0.05) is 30.7 Å². The van der Waals surface area contributed by atoms with Crippen LogP contribution in [0.15, 0.2) is 16.3 Å². The number of hydrogen-bond donors (Lipinski definition) is 2. The molecule has 0 saturated carbocycles. The fourth-order valence-corrected chi connectivity index (χ4v) is 3.73. The predicted octanol–water partition coefficient (Wildman–Crippen LogP) is 0.598. The molecule has 0 unspecified atom stereocenters. The van der Waals surface area contributed by atoms with E-state index < -0.39 is 10.2 Å². The average Bonchev–Trinajstić information content (AvgIpc) is 2.64. The minimum atomic E-state index is -3.43. The van der Waals surface area contributed by atoms with Crippen LogP contribution in [-0.2, 0) is 10.2 Å². The molecule has 7 heteroatoms. The second-order valence-electron chi connectivity index (χ2n) is 5.52. The summed E-state index contributed by atoms with van der Waals surface area (Å²) in [5.74, 6) is 0. The molecule has 6 nitrogen and oxygen atoms in total. The summed E-state index contributed by atoms with van der Waals surface area (Å²) in [6.45, 7) is 8.36. The third-order valence-electron chi connectivity index (χ3n) is 3.43. The molecular formula is C12H22N4O2S. The Hall–Kier alpha value is -0.920. The van der Waals surface area contributed by atoms with E-state index in [-0.39, 0.29) is 18.1 Å². The normalized spacial score (nSPS) is 27.3. The summed E-state index contributed by atoms with van der Waals surface area (Å²) in [4.78, 5) is 6.42. The van der Waals surface area contributed by atoms with Gasteiger partial charge in [0.25, 0.3) is 10.2 Å². The molecule has 0 aliphatic carbocycles. The SMILES string of the molecule is CC1=C2C[C@H](NS(=O)(=O)NC(C)C)CN2C=N[C@H]1C. The highest BCUT2D eigenvalue weighted by Gasteiger charge is 2.32. The van der Waals surface area contributed by atoms with Gasteiger partial charge in [0.2, 0.25) is 0 Å². The first-order chi connectivity index (χ1) is 8.78. The highest BCUT2D eigenvalue weighted by atomic mass is 32.2. The second-order valence-corrected chi connectivity index (χ2v) is 7.00. The number of nitrogens with one attached hydrogen (secondary N) is 2. The van der Waals surface area contributed by atoms with E-state index in [1.54, 1.807) is 13.8 Å². The molecule has 2 aliphatic rings. The summed E-state index contributed by atoms with van der Waals surface area (Å²) < 4.78 is 29.0. The minimum Gasteiger partial charge on any atom is -0.335 e. The van der Waals surface area contributed by atoms with Crippen LogP contribution in [0.1, 0.15) is 34.1 Å². The Balaban J connectivity index is 2.05. The van der Waals surface area contributed by atoms with Crippen LogP contribution in [0.5, 0.6) is 0 Å². The number of hydrogen-bond acceptors (Lipinski definition) is 4.